The van der Waals surface area contributed by atoms with E-state index in [0.717, 1.165) is 12.7 Å². The van der Waals surface area contributed by atoms with Crippen molar-refractivity contribution in [1.29, 1.82) is 0 Å². The summed E-state index contributed by atoms with van der Waals surface area (Å²) in [6.07, 6.45) is -0.132. The van der Waals surface area contributed by atoms with Crippen LogP contribution in [0, 0.1) is 5.92 Å². The topological polar surface area (TPSA) is 114 Å². The van der Waals surface area contributed by atoms with Crippen molar-refractivity contribution in [2.75, 3.05) is 13.7 Å². The molecule has 0 unspecified atom stereocenters. The number of methoxy groups -OCH3 is 1. The molecule has 0 bridgehead atoms. The lowest BCUT2D eigenvalue weighted by molar-refractivity contribution is -0.146. The van der Waals surface area contributed by atoms with Crippen molar-refractivity contribution in [3.8, 4) is 0 Å². The highest BCUT2D eigenvalue weighted by Crippen LogP contribution is 2.09. The SMILES string of the molecule is CC[C@H](C)[C@@H](NC(=O)OCc1ccccc1)C(=O)N[C@H](CO)C(=O)OC. The zero-order valence-electron chi connectivity index (χ0n) is 15.2. The molecule has 0 aliphatic rings. The zero-order chi connectivity index (χ0) is 19.5. The summed E-state index contributed by atoms with van der Waals surface area (Å²) < 4.78 is 9.65. The number of aliphatic hydroxyl groups excluding tert-OH is 1. The van der Waals surface area contributed by atoms with Crippen molar-refractivity contribution in [3.63, 3.8) is 0 Å². The number of amides is 2. The molecule has 1 aromatic rings. The number of hydrogen-bond acceptors (Lipinski definition) is 6. The molecule has 3 N–H and O–H groups in total. The Morgan fingerprint density at radius 2 is 1.81 bits per heavy atom. The van der Waals surface area contributed by atoms with Gasteiger partial charge in [0.15, 0.2) is 6.04 Å². The fourth-order valence-corrected chi connectivity index (χ4v) is 2.18. The van der Waals surface area contributed by atoms with Crippen molar-refractivity contribution < 1.29 is 29.0 Å². The minimum absolute atomic E-state index is 0.0724. The Bertz CT molecular complexity index is 593. The van der Waals surface area contributed by atoms with E-state index in [1.165, 1.54) is 0 Å². The molecule has 0 aliphatic carbocycles. The van der Waals surface area contributed by atoms with Gasteiger partial charge in [-0.2, -0.15) is 0 Å². The number of alkyl carbamates (subject to hydrolysis) is 1. The van der Waals surface area contributed by atoms with Crippen LogP contribution in [0.5, 0.6) is 0 Å². The third kappa shape index (κ3) is 6.72. The number of nitrogens with one attached hydrogen (secondary N) is 2. The van der Waals surface area contributed by atoms with E-state index < -0.39 is 36.7 Å². The van der Waals surface area contributed by atoms with Crippen molar-refractivity contribution in [1.82, 2.24) is 10.6 Å². The van der Waals surface area contributed by atoms with Crippen LogP contribution in [0.3, 0.4) is 0 Å². The first-order chi connectivity index (χ1) is 12.4. The summed E-state index contributed by atoms with van der Waals surface area (Å²) in [6.45, 7) is 3.12. The van der Waals surface area contributed by atoms with Crippen molar-refractivity contribution in [2.24, 2.45) is 5.92 Å². The van der Waals surface area contributed by atoms with E-state index in [1.54, 1.807) is 6.92 Å². The maximum Gasteiger partial charge on any atom is 0.408 e. The van der Waals surface area contributed by atoms with Gasteiger partial charge in [0.05, 0.1) is 13.7 Å². The van der Waals surface area contributed by atoms with E-state index in [9.17, 15) is 19.5 Å². The second kappa shape index (κ2) is 11.1. The van der Waals surface area contributed by atoms with Crippen LogP contribution in [0.4, 0.5) is 4.79 Å². The quantitative estimate of drug-likeness (QED) is 0.561. The van der Waals surface area contributed by atoms with Gasteiger partial charge in [-0.3, -0.25) is 4.79 Å². The summed E-state index contributed by atoms with van der Waals surface area (Å²) in [5.74, 6) is -1.58. The molecule has 0 saturated heterocycles. The van der Waals surface area contributed by atoms with Crippen LogP contribution >= 0.6 is 0 Å². The molecule has 0 aromatic heterocycles. The fourth-order valence-electron chi connectivity index (χ4n) is 2.18. The normalized spacial score (nSPS) is 13.8. The summed E-state index contributed by atoms with van der Waals surface area (Å²) in [6, 6.07) is 7.03. The van der Waals surface area contributed by atoms with Crippen LogP contribution in [0.25, 0.3) is 0 Å². The third-order valence-electron chi connectivity index (χ3n) is 3.97. The van der Waals surface area contributed by atoms with Gasteiger partial charge in [0.25, 0.3) is 0 Å². The van der Waals surface area contributed by atoms with Gasteiger partial charge in [0.1, 0.15) is 12.6 Å². The lowest BCUT2D eigenvalue weighted by atomic mass is 9.98. The van der Waals surface area contributed by atoms with Gasteiger partial charge in [-0.05, 0) is 11.5 Å². The Labute approximate surface area is 152 Å². The summed E-state index contributed by atoms with van der Waals surface area (Å²) in [5, 5.41) is 14.1. The molecule has 8 nitrogen and oxygen atoms in total. The number of rotatable bonds is 9. The standard InChI is InChI=1S/C18H26N2O6/c1-4-12(2)15(16(22)19-14(10-21)17(23)25-3)20-18(24)26-11-13-8-6-5-7-9-13/h5-9,12,14-15,21H,4,10-11H2,1-3H3,(H,19,22)(H,20,24)/t12-,14+,15+/m0/s1. The second-order valence-corrected chi connectivity index (χ2v) is 5.84. The highest BCUT2D eigenvalue weighted by atomic mass is 16.5. The van der Waals surface area contributed by atoms with E-state index in [2.05, 4.69) is 15.4 Å². The van der Waals surface area contributed by atoms with Crippen molar-refractivity contribution in [2.45, 2.75) is 39.0 Å². The van der Waals surface area contributed by atoms with Crippen LogP contribution in [-0.2, 0) is 25.7 Å². The van der Waals surface area contributed by atoms with Crippen molar-refractivity contribution in [3.05, 3.63) is 35.9 Å². The van der Waals surface area contributed by atoms with E-state index in [0.29, 0.717) is 6.42 Å². The molecule has 1 rings (SSSR count). The smallest absolute Gasteiger partial charge is 0.408 e. The Morgan fingerprint density at radius 1 is 1.15 bits per heavy atom. The number of carbonyl (C=O) groups excluding carboxylic acids is 3. The highest BCUT2D eigenvalue weighted by molar-refractivity contribution is 5.89. The molecule has 1 aromatic carbocycles. The number of carbonyl (C=O) groups is 3. The van der Waals surface area contributed by atoms with E-state index in [1.807, 2.05) is 37.3 Å². The number of esters is 1. The molecule has 3 atom stereocenters. The van der Waals surface area contributed by atoms with E-state index >= 15 is 0 Å². The molecular weight excluding hydrogens is 340 g/mol. The average Bonchev–Trinajstić information content (AvgIpc) is 2.67. The summed E-state index contributed by atoms with van der Waals surface area (Å²) in [4.78, 5) is 36.0. The fraction of sp³-hybridized carbons (Fsp3) is 0.500. The lowest BCUT2D eigenvalue weighted by Gasteiger charge is -2.25. The molecule has 144 valence electrons. The van der Waals surface area contributed by atoms with Crippen LogP contribution in [0.2, 0.25) is 0 Å². The maximum absolute atomic E-state index is 12.4. The first-order valence-electron chi connectivity index (χ1n) is 8.39. The van der Waals surface area contributed by atoms with Gasteiger partial charge >= 0.3 is 12.1 Å². The predicted octanol–water partition coefficient (Wildman–Crippen LogP) is 0.978. The number of aliphatic hydroxyl groups is 1. The van der Waals surface area contributed by atoms with Gasteiger partial charge in [0.2, 0.25) is 5.91 Å². The molecule has 0 radical (unpaired) electrons. The molecule has 8 heteroatoms. The number of benzene rings is 1. The largest absolute Gasteiger partial charge is 0.467 e. The summed E-state index contributed by atoms with van der Waals surface area (Å²) in [5.41, 5.74) is 0.818. The Kier molecular flexibility index (Phi) is 9.14. The van der Waals surface area contributed by atoms with Crippen molar-refractivity contribution >= 4 is 18.0 Å². The molecule has 26 heavy (non-hydrogen) atoms. The zero-order valence-corrected chi connectivity index (χ0v) is 15.2. The minimum Gasteiger partial charge on any atom is -0.467 e. The van der Waals surface area contributed by atoms with Crippen LogP contribution < -0.4 is 10.6 Å². The molecule has 0 saturated carbocycles. The summed E-state index contributed by atoms with van der Waals surface area (Å²) in [7, 11) is 1.16. The molecular formula is C18H26N2O6. The maximum atomic E-state index is 12.4. The van der Waals surface area contributed by atoms with E-state index in [-0.39, 0.29) is 12.5 Å². The van der Waals surface area contributed by atoms with Gasteiger partial charge in [-0.15, -0.1) is 0 Å². The highest BCUT2D eigenvalue weighted by Gasteiger charge is 2.30. The summed E-state index contributed by atoms with van der Waals surface area (Å²) >= 11 is 0. The molecule has 0 aliphatic heterocycles. The van der Waals surface area contributed by atoms with Crippen LogP contribution in [0.15, 0.2) is 30.3 Å². The van der Waals surface area contributed by atoms with Crippen LogP contribution in [-0.4, -0.2) is 48.9 Å². The first-order valence-corrected chi connectivity index (χ1v) is 8.39. The van der Waals surface area contributed by atoms with E-state index in [4.69, 9.17) is 4.74 Å². The average molecular weight is 366 g/mol. The molecule has 2 amide bonds. The molecule has 0 spiro atoms. The first kappa shape index (κ1) is 21.4. The lowest BCUT2D eigenvalue weighted by Crippen LogP contribution is -2.55. The van der Waals surface area contributed by atoms with Gasteiger partial charge in [-0.25, -0.2) is 9.59 Å². The number of ether oxygens (including phenoxy) is 2. The van der Waals surface area contributed by atoms with Gasteiger partial charge in [-0.1, -0.05) is 50.6 Å². The Morgan fingerprint density at radius 3 is 2.35 bits per heavy atom. The molecule has 0 heterocycles. The monoisotopic (exact) mass is 366 g/mol. The number of hydrogen-bond donors (Lipinski definition) is 3. The predicted molar refractivity (Wildman–Crippen MR) is 94.0 cm³/mol. The molecule has 0 fully saturated rings. The second-order valence-electron chi connectivity index (χ2n) is 5.84. The van der Waals surface area contributed by atoms with Gasteiger partial charge in [0, 0.05) is 0 Å². The van der Waals surface area contributed by atoms with Gasteiger partial charge < -0.3 is 25.2 Å². The minimum atomic E-state index is -1.19. The Hall–Kier alpha value is -2.61. The third-order valence-corrected chi connectivity index (χ3v) is 3.97. The van der Waals surface area contributed by atoms with Crippen LogP contribution in [0.1, 0.15) is 25.8 Å². The Balaban J connectivity index is 2.68.